The van der Waals surface area contributed by atoms with Gasteiger partial charge in [0.15, 0.2) is 0 Å². The molecule has 3 N–H and O–H groups in total. The molecule has 0 saturated heterocycles. The molecule has 6 nitrogen and oxygen atoms in total. The lowest BCUT2D eigenvalue weighted by Gasteiger charge is -2.09. The fourth-order valence-electron chi connectivity index (χ4n) is 1.77. The van der Waals surface area contributed by atoms with Gasteiger partial charge in [0.1, 0.15) is 4.90 Å². The third kappa shape index (κ3) is 3.38. The van der Waals surface area contributed by atoms with E-state index in [1.54, 1.807) is 12.1 Å². The number of sulfonamides is 1. The quantitative estimate of drug-likeness (QED) is 0.846. The minimum Gasteiger partial charge on any atom is -0.325 e. The fraction of sp³-hybridized carbons (Fsp3) is 0.231. The van der Waals surface area contributed by atoms with E-state index in [0.717, 1.165) is 5.69 Å². The average molecular weight is 292 g/mol. The van der Waals surface area contributed by atoms with Crippen LogP contribution in [0, 0.1) is 6.92 Å². The second-order valence-corrected chi connectivity index (χ2v) is 5.98. The molecule has 2 aromatic heterocycles. The zero-order valence-electron chi connectivity index (χ0n) is 11.1. The van der Waals surface area contributed by atoms with Crippen LogP contribution in [0.25, 0.3) is 0 Å². The summed E-state index contributed by atoms with van der Waals surface area (Å²) in [6, 6.07) is 8.51. The van der Waals surface area contributed by atoms with Gasteiger partial charge >= 0.3 is 0 Å². The zero-order valence-corrected chi connectivity index (χ0v) is 11.9. The van der Waals surface area contributed by atoms with Crippen LogP contribution in [0.1, 0.15) is 17.1 Å². The standard InChI is InChI=1S/C13H16N4O2S/c1-10-4-2-5-11(17-10)9-16-20(18,19)13-6-3-7-15-12(13)8-14/h2-7,16H,8-9,14H2,1H3. The highest BCUT2D eigenvalue weighted by atomic mass is 32.2. The van der Waals surface area contributed by atoms with Crippen molar-refractivity contribution in [3.8, 4) is 0 Å². The van der Waals surface area contributed by atoms with Gasteiger partial charge in [-0.25, -0.2) is 13.1 Å². The molecule has 0 aliphatic heterocycles. The van der Waals surface area contributed by atoms with Gasteiger partial charge in [0.25, 0.3) is 0 Å². The molecule has 2 heterocycles. The van der Waals surface area contributed by atoms with Gasteiger partial charge in [0.2, 0.25) is 10.0 Å². The minimum absolute atomic E-state index is 0.0692. The molecular weight excluding hydrogens is 276 g/mol. The lowest BCUT2D eigenvalue weighted by molar-refractivity contribution is 0.578. The van der Waals surface area contributed by atoms with Crippen molar-refractivity contribution in [3.63, 3.8) is 0 Å². The van der Waals surface area contributed by atoms with E-state index in [-0.39, 0.29) is 18.0 Å². The molecule has 0 aliphatic rings. The molecule has 0 spiro atoms. The third-order valence-electron chi connectivity index (χ3n) is 2.72. The number of nitrogens with one attached hydrogen (secondary N) is 1. The van der Waals surface area contributed by atoms with Crippen LogP contribution in [-0.2, 0) is 23.1 Å². The summed E-state index contributed by atoms with van der Waals surface area (Å²) in [5.41, 5.74) is 7.35. The van der Waals surface area contributed by atoms with E-state index < -0.39 is 10.0 Å². The monoisotopic (exact) mass is 292 g/mol. The van der Waals surface area contributed by atoms with E-state index in [0.29, 0.717) is 11.4 Å². The maximum atomic E-state index is 12.2. The van der Waals surface area contributed by atoms with E-state index in [4.69, 9.17) is 5.73 Å². The number of hydrogen-bond acceptors (Lipinski definition) is 5. The Labute approximate surface area is 118 Å². The largest absolute Gasteiger partial charge is 0.325 e. The number of aryl methyl sites for hydroxylation is 1. The maximum Gasteiger partial charge on any atom is 0.242 e. The SMILES string of the molecule is Cc1cccc(CNS(=O)(=O)c2cccnc2CN)n1. The molecule has 0 amide bonds. The fourth-order valence-corrected chi connectivity index (χ4v) is 2.96. The number of pyridine rings is 2. The summed E-state index contributed by atoms with van der Waals surface area (Å²) in [6.45, 7) is 2.05. The van der Waals surface area contributed by atoms with Crippen molar-refractivity contribution in [2.24, 2.45) is 5.73 Å². The molecule has 0 bridgehead atoms. The first-order chi connectivity index (χ1) is 9.53. The molecule has 0 unspecified atom stereocenters. The Balaban J connectivity index is 2.19. The van der Waals surface area contributed by atoms with Gasteiger partial charge < -0.3 is 5.73 Å². The average Bonchev–Trinajstić information content (AvgIpc) is 2.45. The van der Waals surface area contributed by atoms with Crippen molar-refractivity contribution in [1.29, 1.82) is 0 Å². The van der Waals surface area contributed by atoms with Crippen LogP contribution in [0.4, 0.5) is 0 Å². The van der Waals surface area contributed by atoms with Crippen molar-refractivity contribution >= 4 is 10.0 Å². The minimum atomic E-state index is -3.65. The predicted molar refractivity (Wildman–Crippen MR) is 75.1 cm³/mol. The molecule has 0 aromatic carbocycles. The van der Waals surface area contributed by atoms with Crippen molar-refractivity contribution in [3.05, 3.63) is 53.6 Å². The summed E-state index contributed by atoms with van der Waals surface area (Å²) in [6.07, 6.45) is 1.52. The van der Waals surface area contributed by atoms with Gasteiger partial charge in [-0.05, 0) is 31.2 Å². The molecular formula is C13H16N4O2S. The summed E-state index contributed by atoms with van der Waals surface area (Å²) in [7, 11) is -3.65. The molecule has 7 heteroatoms. The lowest BCUT2D eigenvalue weighted by atomic mass is 10.3. The van der Waals surface area contributed by atoms with Crippen LogP contribution < -0.4 is 10.5 Å². The summed E-state index contributed by atoms with van der Waals surface area (Å²) < 4.78 is 27.0. The van der Waals surface area contributed by atoms with Crippen molar-refractivity contribution < 1.29 is 8.42 Å². The van der Waals surface area contributed by atoms with Crippen LogP contribution in [0.2, 0.25) is 0 Å². The second-order valence-electron chi connectivity index (χ2n) is 4.25. The maximum absolute atomic E-state index is 12.2. The van der Waals surface area contributed by atoms with E-state index in [1.165, 1.54) is 12.3 Å². The Morgan fingerprint density at radius 3 is 2.75 bits per heavy atom. The topological polar surface area (TPSA) is 98.0 Å². The van der Waals surface area contributed by atoms with Gasteiger partial charge in [-0.3, -0.25) is 9.97 Å². The summed E-state index contributed by atoms with van der Waals surface area (Å²) >= 11 is 0. The Morgan fingerprint density at radius 2 is 2.05 bits per heavy atom. The van der Waals surface area contributed by atoms with Crippen LogP contribution in [0.5, 0.6) is 0 Å². The van der Waals surface area contributed by atoms with Gasteiger partial charge in [-0.2, -0.15) is 0 Å². The molecule has 20 heavy (non-hydrogen) atoms. The number of aromatic nitrogens is 2. The molecule has 106 valence electrons. The first kappa shape index (κ1) is 14.6. The first-order valence-electron chi connectivity index (χ1n) is 6.09. The Hall–Kier alpha value is -1.83. The van der Waals surface area contributed by atoms with E-state index in [9.17, 15) is 8.42 Å². The van der Waals surface area contributed by atoms with E-state index >= 15 is 0 Å². The van der Waals surface area contributed by atoms with Crippen molar-refractivity contribution in [2.45, 2.75) is 24.9 Å². The van der Waals surface area contributed by atoms with Crippen LogP contribution >= 0.6 is 0 Å². The molecule has 0 aliphatic carbocycles. The zero-order chi connectivity index (χ0) is 14.6. The predicted octanol–water partition coefficient (Wildman–Crippen LogP) is 0.722. The summed E-state index contributed by atoms with van der Waals surface area (Å²) in [5.74, 6) is 0. The lowest BCUT2D eigenvalue weighted by Crippen LogP contribution is -2.25. The Kier molecular flexibility index (Phi) is 4.43. The van der Waals surface area contributed by atoms with Gasteiger partial charge in [0, 0.05) is 18.4 Å². The summed E-state index contributed by atoms with van der Waals surface area (Å²) in [4.78, 5) is 8.32. The summed E-state index contributed by atoms with van der Waals surface area (Å²) in [5, 5.41) is 0. The smallest absolute Gasteiger partial charge is 0.242 e. The number of nitrogens with two attached hydrogens (primary N) is 1. The van der Waals surface area contributed by atoms with Crippen molar-refractivity contribution in [2.75, 3.05) is 0 Å². The van der Waals surface area contributed by atoms with E-state index in [2.05, 4.69) is 14.7 Å². The number of rotatable bonds is 5. The highest BCUT2D eigenvalue weighted by Gasteiger charge is 2.18. The van der Waals surface area contributed by atoms with Crippen LogP contribution in [0.3, 0.4) is 0 Å². The highest BCUT2D eigenvalue weighted by Crippen LogP contribution is 2.12. The van der Waals surface area contributed by atoms with Crippen LogP contribution in [0.15, 0.2) is 41.4 Å². The molecule has 0 fully saturated rings. The Morgan fingerprint density at radius 1 is 1.25 bits per heavy atom. The molecule has 2 rings (SSSR count). The normalized spacial score (nSPS) is 11.5. The van der Waals surface area contributed by atoms with Gasteiger partial charge in [0.05, 0.1) is 17.9 Å². The molecule has 0 atom stereocenters. The van der Waals surface area contributed by atoms with Crippen LogP contribution in [-0.4, -0.2) is 18.4 Å². The second kappa shape index (κ2) is 6.08. The van der Waals surface area contributed by atoms with Gasteiger partial charge in [-0.1, -0.05) is 6.07 Å². The third-order valence-corrected chi connectivity index (χ3v) is 4.20. The molecule has 0 radical (unpaired) electrons. The first-order valence-corrected chi connectivity index (χ1v) is 7.57. The molecule has 0 saturated carbocycles. The van der Waals surface area contributed by atoms with E-state index in [1.807, 2.05) is 19.1 Å². The number of hydrogen-bond donors (Lipinski definition) is 2. The molecule has 2 aromatic rings. The number of nitrogens with zero attached hydrogens (tertiary/aromatic N) is 2. The highest BCUT2D eigenvalue weighted by molar-refractivity contribution is 7.89. The van der Waals surface area contributed by atoms with Gasteiger partial charge in [-0.15, -0.1) is 0 Å². The Bertz CT molecular complexity index is 701. The van der Waals surface area contributed by atoms with Crippen molar-refractivity contribution in [1.82, 2.24) is 14.7 Å².